The summed E-state index contributed by atoms with van der Waals surface area (Å²) in [6.07, 6.45) is 0. The number of sulfone groups is 1. The number of thiazole rings is 1. The maximum atomic E-state index is 12.5. The molecule has 0 saturated heterocycles. The maximum absolute atomic E-state index is 12.5. The fourth-order valence-electron chi connectivity index (χ4n) is 2.62. The first-order valence-corrected chi connectivity index (χ1v) is 12.0. The van der Waals surface area contributed by atoms with Crippen molar-refractivity contribution in [1.29, 1.82) is 0 Å². The number of benzene rings is 2. The molecular weight excluding hydrogens is 464 g/mol. The number of carbonyl (C=O) groups is 2. The Balaban J connectivity index is 1.68. The normalized spacial score (nSPS) is 11.4. The third-order valence-corrected chi connectivity index (χ3v) is 7.10. The van der Waals surface area contributed by atoms with Crippen molar-refractivity contribution < 1.29 is 23.1 Å². The zero-order chi connectivity index (χ0) is 22.4. The monoisotopic (exact) mass is 482 g/mol. The number of amides is 3. The maximum Gasteiger partial charge on any atom is 0.327 e. The number of hydrogen-bond acceptors (Lipinski definition) is 8. The highest BCUT2D eigenvalue weighted by atomic mass is 35.5. The molecule has 0 unspecified atom stereocenters. The molecule has 0 fully saturated rings. The second kappa shape index (κ2) is 10.2. The molecule has 0 radical (unpaired) electrons. The topological polar surface area (TPSA) is 137 Å². The molecule has 0 bridgehead atoms. The van der Waals surface area contributed by atoms with Gasteiger partial charge in [0, 0.05) is 13.1 Å². The van der Waals surface area contributed by atoms with Gasteiger partial charge in [0.1, 0.15) is 0 Å². The van der Waals surface area contributed by atoms with E-state index in [4.69, 9.17) is 16.7 Å². The SMILES string of the molecule is O=C(NC(=O)c1ccccc1Cl)Nc1nc2ccc(S(=O)(=O)CCNCCO)cc2s1. The van der Waals surface area contributed by atoms with Gasteiger partial charge in [-0.1, -0.05) is 35.1 Å². The minimum Gasteiger partial charge on any atom is -0.395 e. The molecule has 0 spiro atoms. The molecule has 1 aromatic heterocycles. The Morgan fingerprint density at radius 3 is 2.65 bits per heavy atom. The van der Waals surface area contributed by atoms with Crippen molar-refractivity contribution in [2.45, 2.75) is 4.90 Å². The summed E-state index contributed by atoms with van der Waals surface area (Å²) in [5, 5.41) is 16.6. The summed E-state index contributed by atoms with van der Waals surface area (Å²) in [5.74, 6) is -0.776. The van der Waals surface area contributed by atoms with Gasteiger partial charge in [0.25, 0.3) is 5.91 Å². The Hall–Kier alpha value is -2.57. The smallest absolute Gasteiger partial charge is 0.327 e. The van der Waals surface area contributed by atoms with E-state index in [0.717, 1.165) is 11.3 Å². The number of aliphatic hydroxyl groups is 1. The van der Waals surface area contributed by atoms with Gasteiger partial charge in [0.2, 0.25) is 0 Å². The molecule has 12 heteroatoms. The molecule has 4 N–H and O–H groups in total. The highest BCUT2D eigenvalue weighted by Crippen LogP contribution is 2.28. The fraction of sp³-hybridized carbons (Fsp3) is 0.211. The molecule has 0 saturated carbocycles. The molecule has 0 atom stereocenters. The van der Waals surface area contributed by atoms with E-state index in [-0.39, 0.29) is 39.5 Å². The predicted molar refractivity (Wildman–Crippen MR) is 120 cm³/mol. The van der Waals surface area contributed by atoms with Crippen LogP contribution in [0.1, 0.15) is 10.4 Å². The van der Waals surface area contributed by atoms with Gasteiger partial charge in [-0.25, -0.2) is 18.2 Å². The van der Waals surface area contributed by atoms with E-state index in [0.29, 0.717) is 16.8 Å². The van der Waals surface area contributed by atoms with Crippen LogP contribution in [0.3, 0.4) is 0 Å². The summed E-state index contributed by atoms with van der Waals surface area (Å²) in [7, 11) is -3.52. The lowest BCUT2D eigenvalue weighted by Gasteiger charge is -2.05. The summed E-state index contributed by atoms with van der Waals surface area (Å²) in [4.78, 5) is 28.7. The molecule has 1 heterocycles. The zero-order valence-corrected chi connectivity index (χ0v) is 18.5. The van der Waals surface area contributed by atoms with Gasteiger partial charge in [-0.15, -0.1) is 0 Å². The number of halogens is 1. The van der Waals surface area contributed by atoms with E-state index in [2.05, 4.69) is 20.9 Å². The van der Waals surface area contributed by atoms with Crippen LogP contribution in [0.4, 0.5) is 9.93 Å². The molecule has 0 aliphatic heterocycles. The first kappa shape index (κ1) is 23.1. The molecule has 3 aromatic rings. The van der Waals surface area contributed by atoms with Crippen molar-refractivity contribution in [1.82, 2.24) is 15.6 Å². The van der Waals surface area contributed by atoms with Crippen LogP contribution in [0.25, 0.3) is 10.2 Å². The van der Waals surface area contributed by atoms with Gasteiger partial charge in [-0.3, -0.25) is 15.4 Å². The van der Waals surface area contributed by atoms with Crippen LogP contribution in [0.15, 0.2) is 47.4 Å². The number of rotatable bonds is 8. The molecule has 9 nitrogen and oxygen atoms in total. The number of aliphatic hydroxyl groups excluding tert-OH is 1. The van der Waals surface area contributed by atoms with Crippen molar-refractivity contribution in [3.8, 4) is 0 Å². The Morgan fingerprint density at radius 2 is 1.90 bits per heavy atom. The minimum absolute atomic E-state index is 0.0692. The molecule has 0 aliphatic rings. The number of hydrogen-bond donors (Lipinski definition) is 4. The Bertz CT molecular complexity index is 1210. The van der Waals surface area contributed by atoms with Gasteiger partial charge in [0.05, 0.1) is 38.1 Å². The van der Waals surface area contributed by atoms with Gasteiger partial charge < -0.3 is 10.4 Å². The lowest BCUT2D eigenvalue weighted by molar-refractivity contribution is 0.0967. The van der Waals surface area contributed by atoms with E-state index in [1.807, 2.05) is 0 Å². The average molecular weight is 483 g/mol. The third kappa shape index (κ3) is 5.99. The summed E-state index contributed by atoms with van der Waals surface area (Å²) < 4.78 is 25.5. The number of aromatic nitrogens is 1. The van der Waals surface area contributed by atoms with E-state index < -0.39 is 21.8 Å². The second-order valence-electron chi connectivity index (χ2n) is 6.33. The molecule has 0 aliphatic carbocycles. The first-order chi connectivity index (χ1) is 14.8. The number of anilines is 1. The lowest BCUT2D eigenvalue weighted by Crippen LogP contribution is -2.34. The van der Waals surface area contributed by atoms with E-state index in [1.54, 1.807) is 18.2 Å². The average Bonchev–Trinajstić information content (AvgIpc) is 3.12. The number of fused-ring (bicyclic) bond motifs is 1. The third-order valence-electron chi connectivity index (χ3n) is 4.12. The minimum atomic E-state index is -3.52. The quantitative estimate of drug-likeness (QED) is 0.361. The fourth-order valence-corrected chi connectivity index (χ4v) is 5.04. The Morgan fingerprint density at radius 1 is 1.13 bits per heavy atom. The summed E-state index contributed by atoms with van der Waals surface area (Å²) >= 11 is 7.03. The number of nitrogens with zero attached hydrogens (tertiary/aromatic N) is 1. The first-order valence-electron chi connectivity index (χ1n) is 9.12. The molecule has 31 heavy (non-hydrogen) atoms. The number of nitrogens with one attached hydrogen (secondary N) is 3. The predicted octanol–water partition coefficient (Wildman–Crippen LogP) is 2.27. The van der Waals surface area contributed by atoms with Crippen molar-refractivity contribution in [3.63, 3.8) is 0 Å². The highest BCUT2D eigenvalue weighted by molar-refractivity contribution is 7.91. The second-order valence-corrected chi connectivity index (χ2v) is 9.88. The van der Waals surface area contributed by atoms with Crippen LogP contribution in [0.2, 0.25) is 5.02 Å². The molecule has 3 rings (SSSR count). The van der Waals surface area contributed by atoms with Crippen molar-refractivity contribution in [2.75, 3.05) is 30.8 Å². The Kier molecular flexibility index (Phi) is 7.57. The van der Waals surface area contributed by atoms with Crippen LogP contribution in [0.5, 0.6) is 0 Å². The largest absolute Gasteiger partial charge is 0.395 e. The van der Waals surface area contributed by atoms with Gasteiger partial charge in [-0.05, 0) is 30.3 Å². The standard InChI is InChI=1S/C19H19ClN4O5S2/c20-14-4-2-1-3-13(14)17(26)23-18(27)24-19-22-15-6-5-12(11-16(15)30-19)31(28,29)10-8-21-7-9-25/h1-6,11,21,25H,7-10H2,(H2,22,23,24,26,27). The van der Waals surface area contributed by atoms with Crippen LogP contribution >= 0.6 is 22.9 Å². The van der Waals surface area contributed by atoms with Crippen molar-refractivity contribution in [2.24, 2.45) is 0 Å². The highest BCUT2D eigenvalue weighted by Gasteiger charge is 2.17. The van der Waals surface area contributed by atoms with E-state index in [1.165, 1.54) is 24.3 Å². The molecular formula is C19H19ClN4O5S2. The van der Waals surface area contributed by atoms with Gasteiger partial charge >= 0.3 is 6.03 Å². The van der Waals surface area contributed by atoms with Crippen LogP contribution < -0.4 is 16.0 Å². The summed E-state index contributed by atoms with van der Waals surface area (Å²) in [6.45, 7) is 0.468. The van der Waals surface area contributed by atoms with Crippen LogP contribution in [-0.2, 0) is 9.84 Å². The Labute approximate surface area is 187 Å². The summed E-state index contributed by atoms with van der Waals surface area (Å²) in [5.41, 5.74) is 0.669. The summed E-state index contributed by atoms with van der Waals surface area (Å²) in [6, 6.07) is 10.0. The van der Waals surface area contributed by atoms with E-state index >= 15 is 0 Å². The van der Waals surface area contributed by atoms with Crippen molar-refractivity contribution in [3.05, 3.63) is 53.1 Å². The van der Waals surface area contributed by atoms with Crippen LogP contribution in [-0.4, -0.2) is 55.9 Å². The van der Waals surface area contributed by atoms with Gasteiger partial charge in [0.15, 0.2) is 15.0 Å². The van der Waals surface area contributed by atoms with Gasteiger partial charge in [-0.2, -0.15) is 0 Å². The molecule has 164 valence electrons. The number of imide groups is 1. The lowest BCUT2D eigenvalue weighted by atomic mass is 10.2. The number of urea groups is 1. The number of carbonyl (C=O) groups excluding carboxylic acids is 2. The molecule has 3 amide bonds. The zero-order valence-electron chi connectivity index (χ0n) is 16.1. The van der Waals surface area contributed by atoms with E-state index in [9.17, 15) is 18.0 Å². The van der Waals surface area contributed by atoms with Crippen molar-refractivity contribution >= 4 is 60.1 Å². The van der Waals surface area contributed by atoms with Crippen LogP contribution in [0, 0.1) is 0 Å². The molecule has 2 aromatic carbocycles.